The van der Waals surface area contributed by atoms with Crippen molar-refractivity contribution in [2.24, 2.45) is 0 Å². The van der Waals surface area contributed by atoms with Gasteiger partial charge in [0.1, 0.15) is 23.1 Å². The molecule has 0 spiro atoms. The minimum absolute atomic E-state index is 0.104. The molecule has 1 aromatic heterocycles. The van der Waals surface area contributed by atoms with Gasteiger partial charge in [-0.25, -0.2) is 9.97 Å². The van der Waals surface area contributed by atoms with Gasteiger partial charge in [0.15, 0.2) is 0 Å². The highest BCUT2D eigenvalue weighted by Crippen LogP contribution is 2.35. The number of aromatic nitrogens is 2. The Kier molecular flexibility index (Phi) is 6.35. The van der Waals surface area contributed by atoms with E-state index in [1.165, 1.54) is 0 Å². The molecule has 0 fully saturated rings. The molecule has 0 aliphatic carbocycles. The van der Waals surface area contributed by atoms with E-state index in [2.05, 4.69) is 20.2 Å². The number of hydrogen-bond donors (Lipinski definition) is 2. The van der Waals surface area contributed by atoms with Crippen LogP contribution in [0.5, 0.6) is 11.5 Å². The van der Waals surface area contributed by atoms with Gasteiger partial charge in [-0.1, -0.05) is 23.7 Å². The Balaban J connectivity index is 1.53. The van der Waals surface area contributed by atoms with E-state index in [1.54, 1.807) is 6.07 Å². The van der Waals surface area contributed by atoms with E-state index in [9.17, 15) is 5.11 Å². The second-order valence-electron chi connectivity index (χ2n) is 7.33. The highest BCUT2D eigenvalue weighted by Gasteiger charge is 2.27. The van der Waals surface area contributed by atoms with Crippen LogP contribution < -0.4 is 15.0 Å². The second-order valence-corrected chi connectivity index (χ2v) is 7.77. The van der Waals surface area contributed by atoms with Crippen molar-refractivity contribution in [1.29, 1.82) is 0 Å². The summed E-state index contributed by atoms with van der Waals surface area (Å²) in [6.45, 7) is 3.74. The molecule has 0 amide bonds. The fourth-order valence-corrected chi connectivity index (χ4v) is 3.84. The van der Waals surface area contributed by atoms with Crippen molar-refractivity contribution in [3.05, 3.63) is 71.1 Å². The summed E-state index contributed by atoms with van der Waals surface area (Å²) in [5, 5.41) is 13.5. The summed E-state index contributed by atoms with van der Waals surface area (Å²) < 4.78 is 5.95. The lowest BCUT2D eigenvalue weighted by atomic mass is 10.00. The van der Waals surface area contributed by atoms with E-state index in [0.29, 0.717) is 10.8 Å². The molecule has 6 nitrogen and oxygen atoms in total. The van der Waals surface area contributed by atoms with Crippen LogP contribution in [0.15, 0.2) is 54.7 Å². The van der Waals surface area contributed by atoms with E-state index in [4.69, 9.17) is 16.3 Å². The summed E-state index contributed by atoms with van der Waals surface area (Å²) in [4.78, 5) is 11.3. The van der Waals surface area contributed by atoms with Gasteiger partial charge in [-0.3, -0.25) is 0 Å². The quantitative estimate of drug-likeness (QED) is 0.557. The first kappa shape index (κ1) is 20.4. The fourth-order valence-electron chi connectivity index (χ4n) is 3.66. The number of aliphatic hydroxyl groups is 1. The lowest BCUT2D eigenvalue weighted by molar-refractivity contribution is 0.289. The first-order valence-corrected chi connectivity index (χ1v) is 10.5. The minimum Gasteiger partial charge on any atom is -0.457 e. The molecule has 0 radical (unpaired) electrons. The van der Waals surface area contributed by atoms with Crippen molar-refractivity contribution in [3.8, 4) is 11.5 Å². The smallest absolute Gasteiger partial charge is 0.137 e. The Bertz CT molecular complexity index is 1010. The second kappa shape index (κ2) is 9.32. The first-order valence-electron chi connectivity index (χ1n) is 10.1. The zero-order valence-electron chi connectivity index (χ0n) is 16.9. The van der Waals surface area contributed by atoms with Crippen LogP contribution in [0.1, 0.15) is 30.3 Å². The average molecular weight is 425 g/mol. The van der Waals surface area contributed by atoms with Crippen LogP contribution in [0, 0.1) is 6.92 Å². The van der Waals surface area contributed by atoms with Crippen molar-refractivity contribution in [3.63, 3.8) is 0 Å². The lowest BCUT2D eigenvalue weighted by Gasteiger charge is -2.35. The summed E-state index contributed by atoms with van der Waals surface area (Å²) in [5.41, 5.74) is 2.04. The molecule has 2 aromatic carbocycles. The number of aliphatic hydroxyl groups excluding tert-OH is 1. The Morgan fingerprint density at radius 1 is 1.20 bits per heavy atom. The molecule has 1 aliphatic rings. The van der Waals surface area contributed by atoms with E-state index >= 15 is 0 Å². The number of nitrogens with zero attached hydrogens (tertiary/aromatic N) is 3. The van der Waals surface area contributed by atoms with Crippen molar-refractivity contribution >= 4 is 23.1 Å². The molecule has 2 N–H and O–H groups in total. The Morgan fingerprint density at radius 2 is 2.00 bits per heavy atom. The number of aryl methyl sites for hydroxylation is 1. The lowest BCUT2D eigenvalue weighted by Crippen LogP contribution is -2.35. The molecule has 156 valence electrons. The first-order chi connectivity index (χ1) is 14.6. The van der Waals surface area contributed by atoms with Crippen LogP contribution in [-0.2, 0) is 0 Å². The normalized spacial score (nSPS) is 15.6. The number of nitrogens with one attached hydrogen (secondary N) is 1. The number of rotatable bonds is 7. The molecule has 7 heteroatoms. The Labute approximate surface area is 181 Å². The number of fused-ring (bicyclic) bond motifs is 1. The van der Waals surface area contributed by atoms with Crippen LogP contribution >= 0.6 is 11.6 Å². The number of hydrogen-bond acceptors (Lipinski definition) is 6. The maximum absolute atomic E-state index is 9.20. The van der Waals surface area contributed by atoms with Gasteiger partial charge in [0.25, 0.3) is 0 Å². The van der Waals surface area contributed by atoms with Crippen molar-refractivity contribution in [2.45, 2.75) is 25.8 Å². The standard InChI is InChI=1S/C23H25ClN4O2/c1-16-25-15-21-22(9-11-28(10-4-12-29)23(21)26-16)27-18-6-3-8-20(14-18)30-19-7-2-5-17(24)13-19/h2-3,5-8,13-15,22,27,29H,4,9-12H2,1H3. The van der Waals surface area contributed by atoms with Crippen molar-refractivity contribution in [2.75, 3.05) is 29.9 Å². The third-order valence-corrected chi connectivity index (χ3v) is 5.31. The molecule has 1 unspecified atom stereocenters. The largest absolute Gasteiger partial charge is 0.457 e. The molecule has 4 rings (SSSR count). The maximum Gasteiger partial charge on any atom is 0.137 e. The maximum atomic E-state index is 9.20. The summed E-state index contributed by atoms with van der Waals surface area (Å²) in [6.07, 6.45) is 3.56. The summed E-state index contributed by atoms with van der Waals surface area (Å²) in [5.74, 6) is 3.14. The molecule has 1 atom stereocenters. The molecule has 1 aliphatic heterocycles. The zero-order valence-corrected chi connectivity index (χ0v) is 17.6. The molecular weight excluding hydrogens is 400 g/mol. The molecular formula is C23H25ClN4O2. The molecule has 0 bridgehead atoms. The Morgan fingerprint density at radius 3 is 2.80 bits per heavy atom. The number of ether oxygens (including phenoxy) is 1. The van der Waals surface area contributed by atoms with Gasteiger partial charge >= 0.3 is 0 Å². The average Bonchev–Trinajstić information content (AvgIpc) is 2.73. The molecule has 30 heavy (non-hydrogen) atoms. The van der Waals surface area contributed by atoms with E-state index in [1.807, 2.05) is 55.6 Å². The van der Waals surface area contributed by atoms with Crippen LogP contribution in [-0.4, -0.2) is 34.8 Å². The van der Waals surface area contributed by atoms with Gasteiger partial charge in [-0.2, -0.15) is 0 Å². The van der Waals surface area contributed by atoms with Gasteiger partial charge in [0, 0.05) is 48.2 Å². The van der Waals surface area contributed by atoms with Crippen LogP contribution in [0.25, 0.3) is 0 Å². The summed E-state index contributed by atoms with van der Waals surface area (Å²) in [7, 11) is 0. The van der Waals surface area contributed by atoms with Crippen LogP contribution in [0.3, 0.4) is 0 Å². The van der Waals surface area contributed by atoms with E-state index < -0.39 is 0 Å². The number of anilines is 2. The number of benzene rings is 2. The number of halogens is 1. The fraction of sp³-hybridized carbons (Fsp3) is 0.304. The van der Waals surface area contributed by atoms with Gasteiger partial charge in [-0.05, 0) is 50.1 Å². The van der Waals surface area contributed by atoms with E-state index in [0.717, 1.165) is 54.6 Å². The highest BCUT2D eigenvalue weighted by atomic mass is 35.5. The van der Waals surface area contributed by atoms with Gasteiger partial charge < -0.3 is 20.1 Å². The minimum atomic E-state index is 0.104. The zero-order chi connectivity index (χ0) is 20.9. The van der Waals surface area contributed by atoms with E-state index in [-0.39, 0.29) is 12.6 Å². The molecule has 3 aromatic rings. The Hall–Kier alpha value is -2.83. The topological polar surface area (TPSA) is 70.5 Å². The SMILES string of the molecule is Cc1ncc2c(n1)N(CCCO)CCC2Nc1cccc(Oc2cccc(Cl)c2)c1. The van der Waals surface area contributed by atoms with Crippen LogP contribution in [0.2, 0.25) is 5.02 Å². The van der Waals surface area contributed by atoms with Gasteiger partial charge in [0.05, 0.1) is 6.04 Å². The molecule has 0 saturated heterocycles. The summed E-state index contributed by atoms with van der Waals surface area (Å²) >= 11 is 6.05. The van der Waals surface area contributed by atoms with Crippen LogP contribution in [0.4, 0.5) is 11.5 Å². The third-order valence-electron chi connectivity index (χ3n) is 5.07. The highest BCUT2D eigenvalue weighted by molar-refractivity contribution is 6.30. The summed E-state index contributed by atoms with van der Waals surface area (Å²) in [6, 6.07) is 15.3. The predicted octanol–water partition coefficient (Wildman–Crippen LogP) is 4.98. The predicted molar refractivity (Wildman–Crippen MR) is 120 cm³/mol. The third kappa shape index (κ3) is 4.83. The van der Waals surface area contributed by atoms with Crippen molar-refractivity contribution in [1.82, 2.24) is 9.97 Å². The van der Waals surface area contributed by atoms with Crippen molar-refractivity contribution < 1.29 is 9.84 Å². The molecule has 0 saturated carbocycles. The molecule has 2 heterocycles. The van der Waals surface area contributed by atoms with Gasteiger partial charge in [0.2, 0.25) is 0 Å². The monoisotopic (exact) mass is 424 g/mol. The van der Waals surface area contributed by atoms with Gasteiger partial charge in [-0.15, -0.1) is 0 Å².